The van der Waals surface area contributed by atoms with E-state index in [-0.39, 0.29) is 5.92 Å². The third kappa shape index (κ3) is 4.36. The first-order chi connectivity index (χ1) is 11.4. The fourth-order valence-electron chi connectivity index (χ4n) is 2.78. The summed E-state index contributed by atoms with van der Waals surface area (Å²) in [6.45, 7) is 1.93. The van der Waals surface area contributed by atoms with E-state index in [1.807, 2.05) is 24.3 Å². The molecule has 1 aliphatic heterocycles. The van der Waals surface area contributed by atoms with Gasteiger partial charge in [-0.2, -0.15) is 0 Å². The largest absolute Gasteiger partial charge is 0.479 e. The molecule has 8 nitrogen and oxygen atoms in total. The summed E-state index contributed by atoms with van der Waals surface area (Å²) in [4.78, 5) is 24.4. The number of carbonyl (C=O) groups excluding carboxylic acids is 1. The zero-order valence-corrected chi connectivity index (χ0v) is 13.3. The van der Waals surface area contributed by atoms with Crippen LogP contribution in [0.25, 0.3) is 0 Å². The van der Waals surface area contributed by atoms with E-state index in [4.69, 9.17) is 15.9 Å². The number of rotatable bonds is 6. The molecule has 1 aromatic rings. The third-order valence-electron chi connectivity index (χ3n) is 4.28. The number of nitrogens with one attached hydrogen (secondary N) is 1. The van der Waals surface area contributed by atoms with Crippen molar-refractivity contribution in [1.82, 2.24) is 5.32 Å². The number of para-hydroxylation sites is 2. The summed E-state index contributed by atoms with van der Waals surface area (Å²) < 4.78 is 0. The first-order valence-electron chi connectivity index (χ1n) is 7.86. The molecule has 24 heavy (non-hydrogen) atoms. The van der Waals surface area contributed by atoms with Gasteiger partial charge in [-0.05, 0) is 30.9 Å². The van der Waals surface area contributed by atoms with Gasteiger partial charge in [0.15, 0.2) is 12.2 Å². The van der Waals surface area contributed by atoms with E-state index in [0.717, 1.165) is 37.3 Å². The van der Waals surface area contributed by atoms with Crippen LogP contribution in [0.1, 0.15) is 12.8 Å². The Balaban J connectivity index is 1.78. The van der Waals surface area contributed by atoms with Crippen molar-refractivity contribution in [3.05, 3.63) is 24.3 Å². The van der Waals surface area contributed by atoms with Gasteiger partial charge < -0.3 is 31.3 Å². The van der Waals surface area contributed by atoms with Crippen LogP contribution in [0.2, 0.25) is 0 Å². The number of amides is 1. The summed E-state index contributed by atoms with van der Waals surface area (Å²) in [6.07, 6.45) is -2.40. The Morgan fingerprint density at radius 2 is 1.83 bits per heavy atom. The Kier molecular flexibility index (Phi) is 5.99. The van der Waals surface area contributed by atoms with Gasteiger partial charge in [0.2, 0.25) is 0 Å². The number of hydrogen-bond donors (Lipinski definition) is 5. The highest BCUT2D eigenvalue weighted by Gasteiger charge is 2.30. The summed E-state index contributed by atoms with van der Waals surface area (Å²) >= 11 is 0. The predicted molar refractivity (Wildman–Crippen MR) is 88.5 cm³/mol. The number of piperidine rings is 1. The summed E-state index contributed by atoms with van der Waals surface area (Å²) in [7, 11) is 0. The number of nitrogens with zero attached hydrogens (tertiary/aromatic N) is 1. The topological polar surface area (TPSA) is 136 Å². The number of aliphatic carboxylic acids is 1. The second-order valence-electron chi connectivity index (χ2n) is 5.96. The molecular formula is C16H23N3O5. The molecule has 8 heteroatoms. The number of nitrogen functional groups attached to an aromatic ring is 1. The Morgan fingerprint density at radius 3 is 2.42 bits per heavy atom. The molecule has 0 unspecified atom stereocenters. The highest BCUT2D eigenvalue weighted by atomic mass is 16.4. The monoisotopic (exact) mass is 337 g/mol. The molecule has 1 amide bonds. The summed E-state index contributed by atoms with van der Waals surface area (Å²) in [5.74, 6) is -2.28. The fourth-order valence-corrected chi connectivity index (χ4v) is 2.78. The molecule has 6 N–H and O–H groups in total. The van der Waals surface area contributed by atoms with E-state index < -0.39 is 24.1 Å². The number of carboxylic acids is 1. The Hall–Kier alpha value is -2.32. The van der Waals surface area contributed by atoms with Gasteiger partial charge >= 0.3 is 5.97 Å². The lowest BCUT2D eigenvalue weighted by atomic mass is 9.96. The lowest BCUT2D eigenvalue weighted by molar-refractivity contribution is -0.158. The SMILES string of the molecule is Nc1ccccc1N1CCC(CNC(=O)[C@H](O)[C@@H](O)C(=O)O)CC1. The van der Waals surface area contributed by atoms with E-state index in [2.05, 4.69) is 10.2 Å². The van der Waals surface area contributed by atoms with Crippen LogP contribution < -0.4 is 16.0 Å². The summed E-state index contributed by atoms with van der Waals surface area (Å²) in [5, 5.41) is 29.7. The highest BCUT2D eigenvalue weighted by Crippen LogP contribution is 2.27. The number of aliphatic hydroxyl groups is 2. The van der Waals surface area contributed by atoms with Crippen LogP contribution in [-0.2, 0) is 9.59 Å². The quantitative estimate of drug-likeness (QED) is 0.438. The smallest absolute Gasteiger partial charge is 0.335 e. The number of carbonyl (C=O) groups is 2. The first-order valence-corrected chi connectivity index (χ1v) is 7.86. The summed E-state index contributed by atoms with van der Waals surface area (Å²) in [5.41, 5.74) is 7.70. The molecule has 1 saturated heterocycles. The van der Waals surface area contributed by atoms with Crippen molar-refractivity contribution in [2.75, 3.05) is 30.3 Å². The van der Waals surface area contributed by atoms with Gasteiger partial charge in [0, 0.05) is 19.6 Å². The molecule has 0 aliphatic carbocycles. The van der Waals surface area contributed by atoms with Crippen LogP contribution >= 0.6 is 0 Å². The maximum absolute atomic E-state index is 11.7. The number of nitrogens with two attached hydrogens (primary N) is 1. The van der Waals surface area contributed by atoms with Crippen molar-refractivity contribution in [3.8, 4) is 0 Å². The molecule has 0 saturated carbocycles. The molecule has 2 rings (SSSR count). The highest BCUT2D eigenvalue weighted by molar-refractivity contribution is 5.87. The van der Waals surface area contributed by atoms with Crippen LogP contribution in [-0.4, -0.2) is 59.0 Å². The zero-order valence-electron chi connectivity index (χ0n) is 13.3. The van der Waals surface area contributed by atoms with Crippen molar-refractivity contribution in [1.29, 1.82) is 0 Å². The molecule has 1 aromatic carbocycles. The average Bonchev–Trinajstić information content (AvgIpc) is 2.59. The van der Waals surface area contributed by atoms with E-state index in [1.165, 1.54) is 0 Å². The van der Waals surface area contributed by atoms with Crippen molar-refractivity contribution in [3.63, 3.8) is 0 Å². The lowest BCUT2D eigenvalue weighted by Crippen LogP contribution is -2.47. The maximum Gasteiger partial charge on any atom is 0.335 e. The maximum atomic E-state index is 11.7. The minimum absolute atomic E-state index is 0.226. The second-order valence-corrected chi connectivity index (χ2v) is 5.96. The summed E-state index contributed by atoms with van der Waals surface area (Å²) in [6, 6.07) is 7.66. The van der Waals surface area contributed by atoms with E-state index in [1.54, 1.807) is 0 Å². The number of anilines is 2. The molecular weight excluding hydrogens is 314 g/mol. The van der Waals surface area contributed by atoms with E-state index in [9.17, 15) is 14.7 Å². The van der Waals surface area contributed by atoms with Gasteiger partial charge in [0.1, 0.15) is 0 Å². The molecule has 132 valence electrons. The van der Waals surface area contributed by atoms with Crippen LogP contribution in [0, 0.1) is 5.92 Å². The molecule has 1 heterocycles. The third-order valence-corrected chi connectivity index (χ3v) is 4.28. The molecule has 2 atom stereocenters. The standard InChI is InChI=1S/C16H23N3O5/c17-11-3-1-2-4-12(11)19-7-5-10(6-8-19)9-18-15(22)13(20)14(21)16(23)24/h1-4,10,13-14,20-21H,5-9,17H2,(H,18,22)(H,23,24)/t13-,14-/m1/s1. The van der Waals surface area contributed by atoms with Gasteiger partial charge in [-0.1, -0.05) is 12.1 Å². The fraction of sp³-hybridized carbons (Fsp3) is 0.500. The van der Waals surface area contributed by atoms with Gasteiger partial charge in [-0.25, -0.2) is 4.79 Å². The van der Waals surface area contributed by atoms with Crippen molar-refractivity contribution in [2.24, 2.45) is 5.92 Å². The minimum Gasteiger partial charge on any atom is -0.479 e. The Labute approximate surface area is 139 Å². The molecule has 1 fully saturated rings. The molecule has 0 radical (unpaired) electrons. The van der Waals surface area contributed by atoms with Crippen LogP contribution in [0.3, 0.4) is 0 Å². The van der Waals surface area contributed by atoms with Gasteiger partial charge in [0.05, 0.1) is 11.4 Å². The molecule has 0 aromatic heterocycles. The number of carboxylic acid groups (broad SMARTS) is 1. The number of hydrogen-bond acceptors (Lipinski definition) is 6. The van der Waals surface area contributed by atoms with Crippen molar-refractivity contribution < 1.29 is 24.9 Å². The van der Waals surface area contributed by atoms with Crippen molar-refractivity contribution >= 4 is 23.3 Å². The number of aliphatic hydroxyl groups excluding tert-OH is 2. The van der Waals surface area contributed by atoms with Crippen LogP contribution in [0.15, 0.2) is 24.3 Å². The zero-order chi connectivity index (χ0) is 17.7. The molecule has 0 spiro atoms. The lowest BCUT2D eigenvalue weighted by Gasteiger charge is -2.34. The predicted octanol–water partition coefficient (Wildman–Crippen LogP) is -0.592. The van der Waals surface area contributed by atoms with Gasteiger partial charge in [-0.15, -0.1) is 0 Å². The minimum atomic E-state index is -2.12. The van der Waals surface area contributed by atoms with Crippen LogP contribution in [0.4, 0.5) is 11.4 Å². The Morgan fingerprint density at radius 1 is 1.21 bits per heavy atom. The average molecular weight is 337 g/mol. The van der Waals surface area contributed by atoms with Crippen molar-refractivity contribution in [2.45, 2.75) is 25.0 Å². The number of benzene rings is 1. The van der Waals surface area contributed by atoms with Crippen LogP contribution in [0.5, 0.6) is 0 Å². The molecule has 1 aliphatic rings. The Bertz CT molecular complexity index is 587. The van der Waals surface area contributed by atoms with E-state index in [0.29, 0.717) is 6.54 Å². The molecule has 0 bridgehead atoms. The second kappa shape index (κ2) is 7.98. The normalized spacial score (nSPS) is 18.0. The first kappa shape index (κ1) is 18.0. The van der Waals surface area contributed by atoms with Gasteiger partial charge in [0.25, 0.3) is 5.91 Å². The van der Waals surface area contributed by atoms with E-state index >= 15 is 0 Å². The van der Waals surface area contributed by atoms with Gasteiger partial charge in [-0.3, -0.25) is 4.79 Å².